The van der Waals surface area contributed by atoms with Crippen LogP contribution in [0.1, 0.15) is 32.1 Å². The van der Waals surface area contributed by atoms with Gasteiger partial charge in [0.25, 0.3) is 0 Å². The molecule has 1 aliphatic heterocycles. The van der Waals surface area contributed by atoms with Crippen molar-refractivity contribution < 1.29 is 24.0 Å². The summed E-state index contributed by atoms with van der Waals surface area (Å²) < 4.78 is 0. The van der Waals surface area contributed by atoms with E-state index in [0.717, 1.165) is 19.4 Å². The van der Waals surface area contributed by atoms with Crippen LogP contribution in [0.2, 0.25) is 0 Å². The molecule has 3 unspecified atom stereocenters. The molecule has 12 heavy (non-hydrogen) atoms. The van der Waals surface area contributed by atoms with Gasteiger partial charge in [-0.3, -0.25) is 0 Å². The predicted octanol–water partition coefficient (Wildman–Crippen LogP) is -1.94. The first-order chi connectivity index (χ1) is 5.38. The average Bonchev–Trinajstić information content (AvgIpc) is 2.06. The van der Waals surface area contributed by atoms with Crippen molar-refractivity contribution in [2.75, 3.05) is 6.54 Å². The molecule has 1 saturated carbocycles. The van der Waals surface area contributed by atoms with E-state index in [2.05, 4.69) is 5.32 Å². The van der Waals surface area contributed by atoms with Crippen LogP contribution in [-0.4, -0.2) is 18.7 Å². The van der Waals surface area contributed by atoms with E-state index < -0.39 is 0 Å². The van der Waals surface area contributed by atoms with Gasteiger partial charge in [-0.05, 0) is 0 Å². The SMILES string of the molecule is [Li+].[O-]C1CCCC2CCC[N-]C12. The Morgan fingerprint density at radius 3 is 2.58 bits per heavy atom. The van der Waals surface area contributed by atoms with Gasteiger partial charge in [0.15, 0.2) is 0 Å². The molecule has 2 rings (SSSR count). The molecule has 1 saturated heterocycles. The maximum atomic E-state index is 11.4. The Balaban J connectivity index is 0.000000720. The number of hydrogen-bond donors (Lipinski definition) is 0. The van der Waals surface area contributed by atoms with E-state index in [1.165, 1.54) is 19.3 Å². The minimum atomic E-state index is -0.367. The smallest absolute Gasteiger partial charge is 0.853 e. The standard InChI is InChI=1S/C9H15NO.Li/c11-8-5-1-3-7-4-2-6-10-9(7)8;/h7-9H,1-6H2;/q-2;+1. The molecule has 3 atom stereocenters. The van der Waals surface area contributed by atoms with E-state index in [1.54, 1.807) is 0 Å². The third-order valence-corrected chi connectivity index (χ3v) is 3.00. The van der Waals surface area contributed by atoms with E-state index in [0.29, 0.717) is 5.92 Å². The third kappa shape index (κ3) is 2.06. The maximum Gasteiger partial charge on any atom is 1.00 e. The van der Waals surface area contributed by atoms with Crippen molar-refractivity contribution in [3.8, 4) is 0 Å². The van der Waals surface area contributed by atoms with Gasteiger partial charge in [-0.15, -0.1) is 18.7 Å². The zero-order valence-corrected chi connectivity index (χ0v) is 7.83. The van der Waals surface area contributed by atoms with Crippen LogP contribution in [0.5, 0.6) is 0 Å². The van der Waals surface area contributed by atoms with E-state index in [1.807, 2.05) is 0 Å². The van der Waals surface area contributed by atoms with Gasteiger partial charge in [0.1, 0.15) is 0 Å². The van der Waals surface area contributed by atoms with Crippen molar-refractivity contribution in [2.24, 2.45) is 5.92 Å². The second-order valence-corrected chi connectivity index (χ2v) is 3.77. The molecule has 2 nitrogen and oxygen atoms in total. The molecule has 0 aromatic rings. The number of hydrogen-bond acceptors (Lipinski definition) is 1. The van der Waals surface area contributed by atoms with Gasteiger partial charge < -0.3 is 10.4 Å². The molecule has 1 aliphatic carbocycles. The molecule has 64 valence electrons. The largest absolute Gasteiger partial charge is 1.00 e. The Morgan fingerprint density at radius 2 is 1.83 bits per heavy atom. The van der Waals surface area contributed by atoms with Crippen LogP contribution >= 0.6 is 0 Å². The summed E-state index contributed by atoms with van der Waals surface area (Å²) >= 11 is 0. The quantitative estimate of drug-likeness (QED) is 0.380. The second-order valence-electron chi connectivity index (χ2n) is 3.77. The van der Waals surface area contributed by atoms with Gasteiger partial charge in [0, 0.05) is 0 Å². The van der Waals surface area contributed by atoms with Crippen LogP contribution in [0, 0.1) is 5.92 Å². The Labute approximate surface area is 86.3 Å². The number of nitrogens with zero attached hydrogens (tertiary/aromatic N) is 1. The Kier molecular flexibility index (Phi) is 4.12. The first-order valence-electron chi connectivity index (χ1n) is 4.70. The van der Waals surface area contributed by atoms with Gasteiger partial charge >= 0.3 is 18.9 Å². The minimum absolute atomic E-state index is 0. The fraction of sp³-hybridized carbons (Fsp3) is 1.00. The number of fused-ring (bicyclic) bond motifs is 1. The maximum absolute atomic E-state index is 11.4. The molecular weight excluding hydrogens is 145 g/mol. The first kappa shape index (κ1) is 10.6. The summed E-state index contributed by atoms with van der Waals surface area (Å²) in [6.45, 7) is 0.944. The summed E-state index contributed by atoms with van der Waals surface area (Å²) in [6, 6.07) is 0.192. The number of piperidine rings is 1. The summed E-state index contributed by atoms with van der Waals surface area (Å²) in [7, 11) is 0. The van der Waals surface area contributed by atoms with Gasteiger partial charge in [0.2, 0.25) is 0 Å². The van der Waals surface area contributed by atoms with Gasteiger partial charge in [-0.1, -0.05) is 38.0 Å². The normalized spacial score (nSPS) is 41.2. The molecule has 2 aliphatic rings. The Morgan fingerprint density at radius 1 is 1.08 bits per heavy atom. The molecule has 0 radical (unpaired) electrons. The van der Waals surface area contributed by atoms with E-state index >= 15 is 0 Å². The fourth-order valence-corrected chi connectivity index (χ4v) is 2.40. The van der Waals surface area contributed by atoms with Gasteiger partial charge in [0.05, 0.1) is 0 Å². The molecule has 0 spiro atoms. The van der Waals surface area contributed by atoms with E-state index in [-0.39, 0.29) is 31.0 Å². The van der Waals surface area contributed by atoms with Crippen molar-refractivity contribution in [2.45, 2.75) is 44.2 Å². The van der Waals surface area contributed by atoms with Crippen LogP contribution < -0.4 is 24.0 Å². The molecule has 3 heteroatoms. The topological polar surface area (TPSA) is 37.2 Å². The van der Waals surface area contributed by atoms with Crippen LogP contribution in [0.4, 0.5) is 0 Å². The molecule has 0 N–H and O–H groups in total. The van der Waals surface area contributed by atoms with Crippen LogP contribution in [0.3, 0.4) is 0 Å². The molecule has 0 amide bonds. The van der Waals surface area contributed by atoms with Gasteiger partial charge in [-0.2, -0.15) is 0 Å². The molecule has 2 fully saturated rings. The van der Waals surface area contributed by atoms with Crippen LogP contribution in [-0.2, 0) is 0 Å². The first-order valence-corrected chi connectivity index (χ1v) is 4.70. The van der Waals surface area contributed by atoms with E-state index in [9.17, 15) is 5.11 Å². The van der Waals surface area contributed by atoms with Crippen LogP contribution in [0.15, 0.2) is 0 Å². The zero-order chi connectivity index (χ0) is 7.68. The minimum Gasteiger partial charge on any atom is -0.853 e. The molecule has 1 heterocycles. The van der Waals surface area contributed by atoms with Crippen molar-refractivity contribution in [1.82, 2.24) is 0 Å². The van der Waals surface area contributed by atoms with Crippen LogP contribution in [0.25, 0.3) is 5.32 Å². The van der Waals surface area contributed by atoms with Crippen molar-refractivity contribution >= 4 is 0 Å². The summed E-state index contributed by atoms with van der Waals surface area (Å²) in [5, 5.41) is 15.8. The molecular formula is C9H15LiNO-. The molecule has 0 bridgehead atoms. The zero-order valence-electron chi connectivity index (χ0n) is 7.83. The Bertz CT molecular complexity index is 140. The average molecular weight is 160 g/mol. The summed E-state index contributed by atoms with van der Waals surface area (Å²) in [4.78, 5) is 0. The summed E-state index contributed by atoms with van der Waals surface area (Å²) in [6.07, 6.45) is 5.37. The van der Waals surface area contributed by atoms with Crippen molar-refractivity contribution in [3.63, 3.8) is 0 Å². The predicted molar refractivity (Wildman–Crippen MR) is 42.4 cm³/mol. The molecule has 0 aromatic carbocycles. The monoisotopic (exact) mass is 160 g/mol. The fourth-order valence-electron chi connectivity index (χ4n) is 2.40. The summed E-state index contributed by atoms with van der Waals surface area (Å²) in [5.41, 5.74) is 0. The van der Waals surface area contributed by atoms with Crippen molar-refractivity contribution in [3.05, 3.63) is 5.32 Å². The second kappa shape index (κ2) is 4.67. The van der Waals surface area contributed by atoms with Crippen molar-refractivity contribution in [1.29, 1.82) is 0 Å². The van der Waals surface area contributed by atoms with E-state index in [4.69, 9.17) is 0 Å². The molecule has 0 aromatic heterocycles. The summed E-state index contributed by atoms with van der Waals surface area (Å²) in [5.74, 6) is 0.653. The number of rotatable bonds is 0. The van der Waals surface area contributed by atoms with Gasteiger partial charge in [-0.25, -0.2) is 0 Å². The third-order valence-electron chi connectivity index (χ3n) is 3.00. The Hall–Kier alpha value is 0.517.